The van der Waals surface area contributed by atoms with E-state index in [0.717, 1.165) is 38.0 Å². The van der Waals surface area contributed by atoms with Crippen LogP contribution in [0.4, 0.5) is 0 Å². The predicted octanol–water partition coefficient (Wildman–Crippen LogP) is 4.25. The zero-order chi connectivity index (χ0) is 19.6. The molecule has 1 aromatic heterocycles. The van der Waals surface area contributed by atoms with E-state index in [2.05, 4.69) is 63.3 Å². The van der Waals surface area contributed by atoms with Crippen molar-refractivity contribution in [2.75, 3.05) is 13.1 Å². The Labute approximate surface area is 172 Å². The summed E-state index contributed by atoms with van der Waals surface area (Å²) in [6, 6.07) is 19.7. The van der Waals surface area contributed by atoms with E-state index in [0.29, 0.717) is 30.8 Å². The number of carbonyl (C=O) groups excluding carboxylic acids is 1. The van der Waals surface area contributed by atoms with Gasteiger partial charge in [-0.15, -0.1) is 0 Å². The summed E-state index contributed by atoms with van der Waals surface area (Å²) in [5.41, 5.74) is 2.50. The molecular formula is C25H27N3O. The molecule has 2 fully saturated rings. The molecule has 5 rings (SSSR count). The molecule has 4 nitrogen and oxygen atoms in total. The van der Waals surface area contributed by atoms with Crippen LogP contribution in [0.15, 0.2) is 67.0 Å². The van der Waals surface area contributed by atoms with Crippen LogP contribution in [0.25, 0.3) is 10.8 Å². The molecule has 2 aliphatic rings. The van der Waals surface area contributed by atoms with Crippen LogP contribution in [0.2, 0.25) is 0 Å². The number of fused-ring (bicyclic) bond motifs is 2. The third-order valence-electron chi connectivity index (χ3n) is 6.52. The minimum atomic E-state index is 0.304. The standard InChI is InChI=1S/C25H27N3O/c29-25-10-9-23-18-27(16-19-7-8-21-5-1-2-6-22(21)14-19)13-11-24(23)28(25)17-20-4-3-12-26-15-20/h1-8,12,14-15,23-24H,9-11,13,16-18H2/t23-,24+/m1/s1. The van der Waals surface area contributed by atoms with Gasteiger partial charge in [-0.2, -0.15) is 0 Å². The topological polar surface area (TPSA) is 36.4 Å². The molecule has 0 saturated carbocycles. The van der Waals surface area contributed by atoms with Crippen LogP contribution in [0.5, 0.6) is 0 Å². The molecule has 148 valence electrons. The van der Waals surface area contributed by atoms with Crippen molar-refractivity contribution >= 4 is 16.7 Å². The molecule has 2 saturated heterocycles. The predicted molar refractivity (Wildman–Crippen MR) is 115 cm³/mol. The van der Waals surface area contributed by atoms with E-state index in [1.165, 1.54) is 16.3 Å². The highest BCUT2D eigenvalue weighted by molar-refractivity contribution is 5.83. The Bertz CT molecular complexity index is 1000. The molecule has 0 bridgehead atoms. The van der Waals surface area contributed by atoms with Crippen molar-refractivity contribution in [3.63, 3.8) is 0 Å². The molecule has 2 aromatic carbocycles. The van der Waals surface area contributed by atoms with Gasteiger partial charge in [0.1, 0.15) is 0 Å². The van der Waals surface area contributed by atoms with Crippen LogP contribution < -0.4 is 0 Å². The minimum Gasteiger partial charge on any atom is -0.335 e. The first kappa shape index (κ1) is 18.3. The van der Waals surface area contributed by atoms with E-state index in [1.807, 2.05) is 12.3 Å². The van der Waals surface area contributed by atoms with Gasteiger partial charge < -0.3 is 4.90 Å². The monoisotopic (exact) mass is 385 g/mol. The Kier molecular flexibility index (Phi) is 5.03. The summed E-state index contributed by atoms with van der Waals surface area (Å²) in [5.74, 6) is 0.872. The molecule has 3 heterocycles. The number of aromatic nitrogens is 1. The lowest BCUT2D eigenvalue weighted by atomic mass is 9.83. The highest BCUT2D eigenvalue weighted by atomic mass is 16.2. The van der Waals surface area contributed by atoms with Gasteiger partial charge in [0.05, 0.1) is 0 Å². The Balaban J connectivity index is 1.27. The summed E-state index contributed by atoms with van der Waals surface area (Å²) in [6.07, 6.45) is 6.41. The molecule has 0 unspecified atom stereocenters. The van der Waals surface area contributed by atoms with Crippen molar-refractivity contribution in [3.8, 4) is 0 Å². The first-order chi connectivity index (χ1) is 14.3. The van der Waals surface area contributed by atoms with E-state index in [4.69, 9.17) is 0 Å². The number of hydrogen-bond acceptors (Lipinski definition) is 3. The second kappa shape index (κ2) is 7.96. The average Bonchev–Trinajstić information content (AvgIpc) is 2.76. The fourth-order valence-corrected chi connectivity index (χ4v) is 5.06. The van der Waals surface area contributed by atoms with Crippen molar-refractivity contribution < 1.29 is 4.79 Å². The zero-order valence-electron chi connectivity index (χ0n) is 16.7. The number of piperidine rings is 2. The molecule has 4 heteroatoms. The number of rotatable bonds is 4. The molecule has 1 amide bonds. The summed E-state index contributed by atoms with van der Waals surface area (Å²) in [6.45, 7) is 3.81. The number of hydrogen-bond donors (Lipinski definition) is 0. The van der Waals surface area contributed by atoms with Crippen molar-refractivity contribution in [1.82, 2.24) is 14.8 Å². The van der Waals surface area contributed by atoms with Gasteiger partial charge in [0.25, 0.3) is 0 Å². The first-order valence-corrected chi connectivity index (χ1v) is 10.6. The molecule has 0 N–H and O–H groups in total. The first-order valence-electron chi connectivity index (χ1n) is 10.6. The normalized spacial score (nSPS) is 22.6. The van der Waals surface area contributed by atoms with Gasteiger partial charge >= 0.3 is 0 Å². The fraction of sp³-hybridized carbons (Fsp3) is 0.360. The Morgan fingerprint density at radius 3 is 2.69 bits per heavy atom. The molecule has 2 atom stereocenters. The maximum atomic E-state index is 12.6. The van der Waals surface area contributed by atoms with E-state index in [1.54, 1.807) is 6.20 Å². The number of carbonyl (C=O) groups is 1. The summed E-state index contributed by atoms with van der Waals surface area (Å²) >= 11 is 0. The SMILES string of the molecule is O=C1CC[C@@H]2CN(Cc3ccc4ccccc4c3)CC[C@@H]2N1Cc1cccnc1. The van der Waals surface area contributed by atoms with Gasteiger partial charge in [0, 0.05) is 51.0 Å². The summed E-state index contributed by atoms with van der Waals surface area (Å²) in [7, 11) is 0. The molecule has 0 spiro atoms. The lowest BCUT2D eigenvalue weighted by Gasteiger charge is -2.47. The summed E-state index contributed by atoms with van der Waals surface area (Å²) < 4.78 is 0. The third-order valence-corrected chi connectivity index (χ3v) is 6.52. The summed E-state index contributed by atoms with van der Waals surface area (Å²) in [4.78, 5) is 21.6. The van der Waals surface area contributed by atoms with Gasteiger partial charge in [-0.05, 0) is 52.8 Å². The Hall–Kier alpha value is -2.72. The lowest BCUT2D eigenvalue weighted by molar-refractivity contribution is -0.142. The van der Waals surface area contributed by atoms with Gasteiger partial charge in [-0.3, -0.25) is 14.7 Å². The van der Waals surface area contributed by atoms with Crippen LogP contribution in [0.1, 0.15) is 30.4 Å². The quantitative estimate of drug-likeness (QED) is 0.674. The molecule has 0 radical (unpaired) electrons. The molecular weight excluding hydrogens is 358 g/mol. The van der Waals surface area contributed by atoms with Crippen molar-refractivity contribution in [3.05, 3.63) is 78.1 Å². The maximum absolute atomic E-state index is 12.6. The van der Waals surface area contributed by atoms with Crippen LogP contribution in [0, 0.1) is 5.92 Å². The maximum Gasteiger partial charge on any atom is 0.223 e. The van der Waals surface area contributed by atoms with E-state index in [-0.39, 0.29) is 0 Å². The number of amides is 1. The van der Waals surface area contributed by atoms with E-state index < -0.39 is 0 Å². The smallest absolute Gasteiger partial charge is 0.223 e. The van der Waals surface area contributed by atoms with Crippen LogP contribution >= 0.6 is 0 Å². The molecule has 3 aromatic rings. The Morgan fingerprint density at radius 2 is 1.83 bits per heavy atom. The van der Waals surface area contributed by atoms with Crippen molar-refractivity contribution in [2.24, 2.45) is 5.92 Å². The van der Waals surface area contributed by atoms with Gasteiger partial charge in [-0.25, -0.2) is 0 Å². The lowest BCUT2D eigenvalue weighted by Crippen LogP contribution is -2.55. The minimum absolute atomic E-state index is 0.304. The number of benzene rings is 2. The van der Waals surface area contributed by atoms with E-state index in [9.17, 15) is 4.79 Å². The van der Waals surface area contributed by atoms with Crippen LogP contribution in [-0.4, -0.2) is 39.8 Å². The number of likely N-dealkylation sites (tertiary alicyclic amines) is 2. The zero-order valence-corrected chi connectivity index (χ0v) is 16.7. The molecule has 29 heavy (non-hydrogen) atoms. The van der Waals surface area contributed by atoms with Crippen molar-refractivity contribution in [1.29, 1.82) is 0 Å². The highest BCUT2D eigenvalue weighted by Gasteiger charge is 2.39. The second-order valence-electron chi connectivity index (χ2n) is 8.45. The van der Waals surface area contributed by atoms with Crippen LogP contribution in [0.3, 0.4) is 0 Å². The van der Waals surface area contributed by atoms with Crippen molar-refractivity contribution in [2.45, 2.75) is 38.4 Å². The van der Waals surface area contributed by atoms with Gasteiger partial charge in [-0.1, -0.05) is 42.5 Å². The molecule has 2 aliphatic heterocycles. The highest BCUT2D eigenvalue weighted by Crippen LogP contribution is 2.33. The van der Waals surface area contributed by atoms with E-state index >= 15 is 0 Å². The van der Waals surface area contributed by atoms with Crippen LogP contribution in [-0.2, 0) is 17.9 Å². The number of nitrogens with zero attached hydrogens (tertiary/aromatic N) is 3. The average molecular weight is 386 g/mol. The van der Waals surface area contributed by atoms with Gasteiger partial charge in [0.2, 0.25) is 5.91 Å². The largest absolute Gasteiger partial charge is 0.335 e. The second-order valence-corrected chi connectivity index (χ2v) is 8.45. The Morgan fingerprint density at radius 1 is 0.931 bits per heavy atom. The number of pyridine rings is 1. The van der Waals surface area contributed by atoms with Gasteiger partial charge in [0.15, 0.2) is 0 Å². The fourth-order valence-electron chi connectivity index (χ4n) is 5.06. The third kappa shape index (κ3) is 3.90. The molecule has 0 aliphatic carbocycles. The summed E-state index contributed by atoms with van der Waals surface area (Å²) in [5, 5.41) is 2.61.